The van der Waals surface area contributed by atoms with Gasteiger partial charge in [0.05, 0.1) is 16.6 Å². The zero-order chi connectivity index (χ0) is 22.8. The van der Waals surface area contributed by atoms with E-state index in [1.165, 1.54) is 6.07 Å². The minimum Gasteiger partial charge on any atom is -0.478 e. The van der Waals surface area contributed by atoms with Crippen molar-refractivity contribution in [1.82, 2.24) is 9.55 Å². The second-order valence-electron chi connectivity index (χ2n) is 7.32. The normalized spacial score (nSPS) is 10.9. The highest BCUT2D eigenvalue weighted by atomic mass is 16.4. The second kappa shape index (κ2) is 8.47. The first-order chi connectivity index (χ1) is 15.4. The molecule has 32 heavy (non-hydrogen) atoms. The number of Topliss-reactive ketones (excluding diaryl/α,β-unsaturated/α-hetero) is 1. The fourth-order valence-corrected chi connectivity index (χ4v) is 3.87. The van der Waals surface area contributed by atoms with Crippen LogP contribution in [0.2, 0.25) is 0 Å². The van der Waals surface area contributed by atoms with Crippen molar-refractivity contribution in [2.75, 3.05) is 0 Å². The van der Waals surface area contributed by atoms with Gasteiger partial charge < -0.3 is 14.8 Å². The smallest absolute Gasteiger partial charge is 0.377 e. The average Bonchev–Trinajstić information content (AvgIpc) is 3.16. The molecule has 0 saturated heterocycles. The highest BCUT2D eigenvalue weighted by molar-refractivity contribution is 6.41. The number of rotatable bonds is 7. The number of aliphatic carboxylic acids is 1. The average molecular weight is 428 g/mol. The summed E-state index contributed by atoms with van der Waals surface area (Å²) in [5, 5.41) is 18.7. The second-order valence-corrected chi connectivity index (χ2v) is 7.32. The molecule has 0 saturated carbocycles. The van der Waals surface area contributed by atoms with E-state index in [9.17, 15) is 19.5 Å². The molecule has 1 heterocycles. The van der Waals surface area contributed by atoms with Crippen molar-refractivity contribution < 1.29 is 24.6 Å². The molecule has 7 heteroatoms. The number of hydrogen-bond acceptors (Lipinski definition) is 4. The van der Waals surface area contributed by atoms with Crippen molar-refractivity contribution in [3.63, 3.8) is 0 Å². The van der Waals surface area contributed by atoms with Gasteiger partial charge in [-0.2, -0.15) is 0 Å². The fraction of sp³-hybridized carbons (Fsp3) is 0.120. The maximum atomic E-state index is 12.0. The summed E-state index contributed by atoms with van der Waals surface area (Å²) in [6.45, 7) is 2.40. The standard InChI is InChI=1S/C25H20N2O5/c1-2-21-26-20-9-5-8-19(24(29)30)22(20)27(21)14-15-10-12-16(13-11-15)17-6-3-4-7-18(17)23(28)25(31)32/h3-13H,2,14H2,1H3,(H,29,30)(H,31,32). The Balaban J connectivity index is 1.72. The summed E-state index contributed by atoms with van der Waals surface area (Å²) in [5.74, 6) is -2.67. The third-order valence-electron chi connectivity index (χ3n) is 5.36. The van der Waals surface area contributed by atoms with Crippen LogP contribution in [-0.2, 0) is 17.8 Å². The Hall–Kier alpha value is -4.26. The van der Waals surface area contributed by atoms with Gasteiger partial charge in [-0.3, -0.25) is 4.79 Å². The van der Waals surface area contributed by atoms with Crippen molar-refractivity contribution in [3.05, 3.63) is 89.2 Å². The van der Waals surface area contributed by atoms with Crippen molar-refractivity contribution in [2.24, 2.45) is 0 Å². The summed E-state index contributed by atoms with van der Waals surface area (Å²) >= 11 is 0. The number of aromatic carboxylic acids is 1. The molecule has 160 valence electrons. The zero-order valence-corrected chi connectivity index (χ0v) is 17.3. The lowest BCUT2D eigenvalue weighted by Gasteiger charge is -2.12. The topological polar surface area (TPSA) is 109 Å². The Morgan fingerprint density at radius 2 is 1.56 bits per heavy atom. The minimum absolute atomic E-state index is 0.132. The number of para-hydroxylation sites is 1. The van der Waals surface area contributed by atoms with Gasteiger partial charge in [0.15, 0.2) is 0 Å². The quantitative estimate of drug-likeness (QED) is 0.336. The maximum absolute atomic E-state index is 12.0. The number of carboxylic acid groups (broad SMARTS) is 2. The summed E-state index contributed by atoms with van der Waals surface area (Å²) in [7, 11) is 0. The largest absolute Gasteiger partial charge is 0.478 e. The molecule has 0 atom stereocenters. The first kappa shape index (κ1) is 21.0. The lowest BCUT2D eigenvalue weighted by Crippen LogP contribution is -2.13. The number of aromatic nitrogens is 2. The predicted octanol–water partition coefficient (Wildman–Crippen LogP) is 4.28. The van der Waals surface area contributed by atoms with E-state index in [1.807, 2.05) is 35.8 Å². The molecule has 4 rings (SSSR count). The minimum atomic E-state index is -1.50. The molecule has 1 aromatic heterocycles. The Labute approximate surface area is 183 Å². The molecule has 0 bridgehead atoms. The van der Waals surface area contributed by atoms with Crippen LogP contribution >= 0.6 is 0 Å². The van der Waals surface area contributed by atoms with Gasteiger partial charge in [-0.1, -0.05) is 61.5 Å². The third kappa shape index (κ3) is 3.76. The number of benzene rings is 3. The number of fused-ring (bicyclic) bond motifs is 1. The van der Waals surface area contributed by atoms with E-state index in [2.05, 4.69) is 4.98 Å². The van der Waals surface area contributed by atoms with Gasteiger partial charge in [0.1, 0.15) is 5.82 Å². The molecule has 3 aromatic carbocycles. The fourth-order valence-electron chi connectivity index (χ4n) is 3.87. The van der Waals surface area contributed by atoms with Crippen LogP contribution in [0.15, 0.2) is 66.7 Å². The number of carbonyl (C=O) groups is 3. The van der Waals surface area contributed by atoms with E-state index < -0.39 is 17.7 Å². The van der Waals surface area contributed by atoms with Gasteiger partial charge in [0.2, 0.25) is 0 Å². The van der Waals surface area contributed by atoms with Crippen LogP contribution in [-0.4, -0.2) is 37.5 Å². The molecule has 4 aromatic rings. The highest BCUT2D eigenvalue weighted by Gasteiger charge is 2.19. The number of nitrogens with zero attached hydrogens (tertiary/aromatic N) is 2. The number of carboxylic acids is 2. The van der Waals surface area contributed by atoms with Crippen LogP contribution in [0.25, 0.3) is 22.2 Å². The summed E-state index contributed by atoms with van der Waals surface area (Å²) in [6, 6.07) is 19.1. The van der Waals surface area contributed by atoms with E-state index in [0.29, 0.717) is 29.6 Å². The van der Waals surface area contributed by atoms with Crippen molar-refractivity contribution in [3.8, 4) is 11.1 Å². The lowest BCUT2D eigenvalue weighted by atomic mass is 9.96. The molecular formula is C25H20N2O5. The molecule has 0 aliphatic rings. The number of imidazole rings is 1. The molecular weight excluding hydrogens is 408 g/mol. The van der Waals surface area contributed by atoms with Gasteiger partial charge in [-0.05, 0) is 28.8 Å². The number of carbonyl (C=O) groups excluding carboxylic acids is 1. The SMILES string of the molecule is CCc1nc2cccc(C(=O)O)c2n1Cc1ccc(-c2ccccc2C(=O)C(=O)O)cc1. The van der Waals surface area contributed by atoms with Gasteiger partial charge in [0, 0.05) is 18.5 Å². The molecule has 2 N–H and O–H groups in total. The molecule has 0 radical (unpaired) electrons. The Bertz CT molecular complexity index is 1350. The highest BCUT2D eigenvalue weighted by Crippen LogP contribution is 2.26. The van der Waals surface area contributed by atoms with Crippen molar-refractivity contribution in [1.29, 1.82) is 0 Å². The monoisotopic (exact) mass is 428 g/mol. The van der Waals surface area contributed by atoms with Crippen molar-refractivity contribution >= 4 is 28.8 Å². The molecule has 7 nitrogen and oxygen atoms in total. The van der Waals surface area contributed by atoms with E-state index in [1.54, 1.807) is 36.4 Å². The van der Waals surface area contributed by atoms with Crippen LogP contribution in [0.4, 0.5) is 0 Å². The van der Waals surface area contributed by atoms with Gasteiger partial charge in [-0.15, -0.1) is 0 Å². The van der Waals surface area contributed by atoms with E-state index in [4.69, 9.17) is 5.11 Å². The molecule has 0 aliphatic heterocycles. The van der Waals surface area contributed by atoms with Gasteiger partial charge in [-0.25, -0.2) is 14.6 Å². The molecule has 0 spiro atoms. The van der Waals surface area contributed by atoms with Crippen LogP contribution in [0.1, 0.15) is 39.0 Å². The summed E-state index contributed by atoms with van der Waals surface area (Å²) < 4.78 is 1.91. The van der Waals surface area contributed by atoms with E-state index >= 15 is 0 Å². The van der Waals surface area contributed by atoms with E-state index in [0.717, 1.165) is 17.0 Å². The van der Waals surface area contributed by atoms with Crippen LogP contribution in [0, 0.1) is 0 Å². The Morgan fingerprint density at radius 3 is 2.22 bits per heavy atom. The van der Waals surface area contributed by atoms with Crippen molar-refractivity contribution in [2.45, 2.75) is 19.9 Å². The molecule has 0 fully saturated rings. The molecule has 0 unspecified atom stereocenters. The first-order valence-electron chi connectivity index (χ1n) is 10.1. The van der Waals surface area contributed by atoms with Gasteiger partial charge in [0.25, 0.3) is 5.78 Å². The van der Waals surface area contributed by atoms with Crippen LogP contribution in [0.3, 0.4) is 0 Å². The predicted molar refractivity (Wildman–Crippen MR) is 119 cm³/mol. The lowest BCUT2D eigenvalue weighted by molar-refractivity contribution is -0.131. The number of aryl methyl sites for hydroxylation is 1. The summed E-state index contributed by atoms with van der Waals surface area (Å²) in [4.78, 5) is 39.5. The zero-order valence-electron chi connectivity index (χ0n) is 17.3. The van der Waals surface area contributed by atoms with Gasteiger partial charge >= 0.3 is 11.9 Å². The first-order valence-corrected chi connectivity index (χ1v) is 10.1. The summed E-state index contributed by atoms with van der Waals surface area (Å²) in [5.41, 5.74) is 3.74. The van der Waals surface area contributed by atoms with Crippen LogP contribution in [0.5, 0.6) is 0 Å². The Morgan fingerprint density at radius 1 is 0.875 bits per heavy atom. The number of hydrogen-bond donors (Lipinski definition) is 2. The maximum Gasteiger partial charge on any atom is 0.377 e. The number of ketones is 1. The summed E-state index contributed by atoms with van der Waals surface area (Å²) in [6.07, 6.45) is 0.649. The van der Waals surface area contributed by atoms with E-state index in [-0.39, 0.29) is 11.1 Å². The van der Waals surface area contributed by atoms with Crippen LogP contribution < -0.4 is 0 Å². The molecule has 0 amide bonds. The Kier molecular flexibility index (Phi) is 5.55. The third-order valence-corrected chi connectivity index (χ3v) is 5.36. The molecule has 0 aliphatic carbocycles.